The van der Waals surface area contributed by atoms with Gasteiger partial charge in [0.05, 0.1) is 6.54 Å². The molecular weight excluding hydrogens is 372 g/mol. The number of carbonyl (C=O) groups excluding carboxylic acids is 1. The predicted molar refractivity (Wildman–Crippen MR) is 114 cm³/mol. The van der Waals surface area contributed by atoms with Gasteiger partial charge in [-0.1, -0.05) is 12.1 Å². The summed E-state index contributed by atoms with van der Waals surface area (Å²) in [5, 5.41) is 9.11. The van der Waals surface area contributed by atoms with Gasteiger partial charge in [0.2, 0.25) is 11.9 Å². The quantitative estimate of drug-likeness (QED) is 0.482. The van der Waals surface area contributed by atoms with Crippen LogP contribution in [0.2, 0.25) is 0 Å². The van der Waals surface area contributed by atoms with Crippen LogP contribution in [0, 0.1) is 0 Å². The Morgan fingerprint density at radius 3 is 2.54 bits per heavy atom. The summed E-state index contributed by atoms with van der Waals surface area (Å²) in [4.78, 5) is 22.3. The lowest BCUT2D eigenvalue weighted by Gasteiger charge is -2.11. The van der Waals surface area contributed by atoms with E-state index in [0.29, 0.717) is 24.9 Å². The van der Waals surface area contributed by atoms with Gasteiger partial charge in [-0.3, -0.25) is 4.79 Å². The molecule has 0 aliphatic carbocycles. The molecule has 8 heteroatoms. The third-order valence-electron chi connectivity index (χ3n) is 4.00. The van der Waals surface area contributed by atoms with Crippen molar-refractivity contribution in [1.82, 2.24) is 19.9 Å². The number of nitrogens with zero attached hydrogens (tertiary/aromatic N) is 3. The summed E-state index contributed by atoms with van der Waals surface area (Å²) >= 11 is 1.70. The third kappa shape index (κ3) is 5.50. The van der Waals surface area contributed by atoms with Crippen molar-refractivity contribution < 1.29 is 4.79 Å². The minimum absolute atomic E-state index is 0.0972. The molecule has 0 fully saturated rings. The zero-order valence-electron chi connectivity index (χ0n) is 16.0. The molecule has 3 rings (SSSR count). The maximum Gasteiger partial charge on any atom is 0.239 e. The van der Waals surface area contributed by atoms with Gasteiger partial charge in [0.1, 0.15) is 11.6 Å². The molecule has 0 saturated carbocycles. The molecule has 0 atom stereocenters. The minimum Gasteiger partial charge on any atom is -0.361 e. The Hall–Kier alpha value is -3.00. The van der Waals surface area contributed by atoms with Crippen molar-refractivity contribution in [3.63, 3.8) is 0 Å². The first-order chi connectivity index (χ1) is 13.7. The van der Waals surface area contributed by atoms with Crippen molar-refractivity contribution >= 4 is 29.4 Å². The number of hydrogen-bond donors (Lipinski definition) is 3. The number of benzene rings is 1. The van der Waals surface area contributed by atoms with Crippen molar-refractivity contribution in [3.8, 4) is 5.82 Å². The number of aromatic nitrogens is 3. The topological polar surface area (TPSA) is 83.9 Å². The van der Waals surface area contributed by atoms with E-state index in [2.05, 4.69) is 38.1 Å². The molecule has 146 valence electrons. The predicted octanol–water partition coefficient (Wildman–Crippen LogP) is 3.15. The average Bonchev–Trinajstić information content (AvgIpc) is 3.26. The van der Waals surface area contributed by atoms with E-state index < -0.39 is 0 Å². The van der Waals surface area contributed by atoms with Gasteiger partial charge in [-0.25, -0.2) is 0 Å². The number of anilines is 2. The number of carbonyl (C=O) groups is 1. The fourth-order valence-corrected chi connectivity index (χ4v) is 2.97. The second kappa shape index (κ2) is 9.80. The molecule has 0 aliphatic heterocycles. The van der Waals surface area contributed by atoms with Crippen molar-refractivity contribution in [1.29, 1.82) is 0 Å². The lowest BCUT2D eigenvalue weighted by Crippen LogP contribution is -2.29. The van der Waals surface area contributed by atoms with Crippen LogP contribution in [0.5, 0.6) is 0 Å². The smallest absolute Gasteiger partial charge is 0.239 e. The van der Waals surface area contributed by atoms with E-state index in [-0.39, 0.29) is 12.5 Å². The zero-order valence-corrected chi connectivity index (χ0v) is 16.8. The molecule has 2 aromatic heterocycles. The highest BCUT2D eigenvalue weighted by molar-refractivity contribution is 7.98. The average molecular weight is 397 g/mol. The Morgan fingerprint density at radius 1 is 1.11 bits per heavy atom. The normalized spacial score (nSPS) is 10.5. The van der Waals surface area contributed by atoms with Gasteiger partial charge < -0.3 is 20.5 Å². The van der Waals surface area contributed by atoms with E-state index in [1.54, 1.807) is 11.8 Å². The highest BCUT2D eigenvalue weighted by Crippen LogP contribution is 2.15. The van der Waals surface area contributed by atoms with Crippen LogP contribution in [0.4, 0.5) is 11.8 Å². The second-order valence-electron chi connectivity index (χ2n) is 6.03. The fraction of sp³-hybridized carbons (Fsp3) is 0.250. The Morgan fingerprint density at radius 2 is 1.86 bits per heavy atom. The first-order valence-electron chi connectivity index (χ1n) is 9.07. The third-order valence-corrected chi connectivity index (χ3v) is 4.74. The van der Waals surface area contributed by atoms with Crippen LogP contribution in [0.25, 0.3) is 5.82 Å². The van der Waals surface area contributed by atoms with E-state index in [0.717, 1.165) is 11.4 Å². The number of thioether (sulfide) groups is 1. The van der Waals surface area contributed by atoms with Crippen molar-refractivity contribution in [3.05, 3.63) is 60.4 Å². The number of hydrogen-bond acceptors (Lipinski definition) is 6. The summed E-state index contributed by atoms with van der Waals surface area (Å²) in [7, 11) is 0. The highest BCUT2D eigenvalue weighted by Gasteiger charge is 2.07. The first-order valence-corrected chi connectivity index (χ1v) is 10.3. The van der Waals surface area contributed by atoms with Crippen LogP contribution < -0.4 is 16.0 Å². The van der Waals surface area contributed by atoms with E-state index in [1.807, 2.05) is 60.5 Å². The molecule has 0 spiro atoms. The molecule has 1 aromatic carbocycles. The summed E-state index contributed by atoms with van der Waals surface area (Å²) in [5.41, 5.74) is 1.07. The molecule has 3 aromatic rings. The molecule has 28 heavy (non-hydrogen) atoms. The largest absolute Gasteiger partial charge is 0.361 e. The van der Waals surface area contributed by atoms with E-state index in [9.17, 15) is 4.79 Å². The van der Waals surface area contributed by atoms with Gasteiger partial charge in [-0.15, -0.1) is 11.8 Å². The summed E-state index contributed by atoms with van der Waals surface area (Å²) in [6, 6.07) is 13.8. The van der Waals surface area contributed by atoms with E-state index in [1.165, 1.54) is 4.90 Å². The Bertz CT molecular complexity index is 896. The van der Waals surface area contributed by atoms with Crippen molar-refractivity contribution in [2.24, 2.45) is 0 Å². The summed E-state index contributed by atoms with van der Waals surface area (Å²) in [6.07, 6.45) is 5.87. The van der Waals surface area contributed by atoms with Crippen molar-refractivity contribution in [2.75, 3.05) is 30.0 Å². The SMILES string of the molecule is CCNc1nc(NCC(=O)NCc2ccc(SC)cc2)cc(-n2cccc2)n1. The van der Waals surface area contributed by atoms with Crippen LogP contribution in [0.15, 0.2) is 59.8 Å². The van der Waals surface area contributed by atoms with Gasteiger partial charge in [-0.05, 0) is 43.0 Å². The summed E-state index contributed by atoms with van der Waals surface area (Å²) in [5.74, 6) is 1.74. The van der Waals surface area contributed by atoms with E-state index >= 15 is 0 Å². The molecule has 3 N–H and O–H groups in total. The standard InChI is InChI=1S/C20H24N6OS/c1-3-21-20-24-17(12-18(25-20)26-10-4-5-11-26)22-14-19(27)23-13-15-6-8-16(28-2)9-7-15/h4-12H,3,13-14H2,1-2H3,(H,23,27)(H2,21,22,24,25). The summed E-state index contributed by atoms with van der Waals surface area (Å²) in [6.45, 7) is 3.33. The molecular formula is C20H24N6OS. The molecule has 7 nitrogen and oxygen atoms in total. The molecule has 2 heterocycles. The fourth-order valence-electron chi connectivity index (χ4n) is 2.56. The van der Waals surface area contributed by atoms with Crippen LogP contribution in [-0.2, 0) is 11.3 Å². The number of rotatable bonds is 9. The van der Waals surface area contributed by atoms with E-state index in [4.69, 9.17) is 0 Å². The monoisotopic (exact) mass is 396 g/mol. The van der Waals surface area contributed by atoms with Gasteiger partial charge in [0, 0.05) is 36.4 Å². The second-order valence-corrected chi connectivity index (χ2v) is 6.91. The minimum atomic E-state index is -0.0972. The highest BCUT2D eigenvalue weighted by atomic mass is 32.2. The van der Waals surface area contributed by atoms with Crippen LogP contribution in [-0.4, -0.2) is 39.8 Å². The zero-order chi connectivity index (χ0) is 19.8. The lowest BCUT2D eigenvalue weighted by atomic mass is 10.2. The van der Waals surface area contributed by atoms with Gasteiger partial charge in [0.15, 0.2) is 0 Å². The van der Waals surface area contributed by atoms with Crippen molar-refractivity contribution in [2.45, 2.75) is 18.4 Å². The molecule has 0 radical (unpaired) electrons. The van der Waals surface area contributed by atoms with Gasteiger partial charge in [0.25, 0.3) is 0 Å². The lowest BCUT2D eigenvalue weighted by molar-refractivity contribution is -0.119. The molecule has 1 amide bonds. The van der Waals surface area contributed by atoms with Crippen LogP contribution in [0.3, 0.4) is 0 Å². The molecule has 0 aliphatic rings. The molecule has 0 unspecified atom stereocenters. The Kier molecular flexibility index (Phi) is 6.91. The Balaban J connectivity index is 1.58. The molecule has 0 bridgehead atoms. The first kappa shape index (κ1) is 19.8. The van der Waals surface area contributed by atoms with Crippen LogP contribution >= 0.6 is 11.8 Å². The number of nitrogens with one attached hydrogen (secondary N) is 3. The maximum atomic E-state index is 12.2. The maximum absolute atomic E-state index is 12.2. The summed E-state index contributed by atoms with van der Waals surface area (Å²) < 4.78 is 1.89. The van der Waals surface area contributed by atoms with Gasteiger partial charge in [-0.2, -0.15) is 9.97 Å². The van der Waals surface area contributed by atoms with Crippen LogP contribution in [0.1, 0.15) is 12.5 Å². The van der Waals surface area contributed by atoms with Gasteiger partial charge >= 0.3 is 0 Å². The Labute approximate surface area is 169 Å². The number of amides is 1. The molecule has 0 saturated heterocycles.